The van der Waals surface area contributed by atoms with E-state index in [-0.39, 0.29) is 0 Å². The van der Waals surface area contributed by atoms with E-state index in [1.165, 1.54) is 11.1 Å². The van der Waals surface area contributed by atoms with Gasteiger partial charge in [0.05, 0.1) is 12.8 Å². The number of hydrogen-bond donors (Lipinski definition) is 0. The van der Waals surface area contributed by atoms with Crippen LogP contribution in [-0.4, -0.2) is 26.6 Å². The number of nitrogens with zero attached hydrogens (tertiary/aromatic N) is 1. The zero-order valence-corrected chi connectivity index (χ0v) is 10.6. The van der Waals surface area contributed by atoms with Gasteiger partial charge in [-0.15, -0.1) is 11.6 Å². The number of halogens is 1. The highest BCUT2D eigenvalue weighted by atomic mass is 35.5. The van der Waals surface area contributed by atoms with Gasteiger partial charge in [0.2, 0.25) is 0 Å². The molecule has 0 amide bonds. The van der Waals surface area contributed by atoms with E-state index in [0.717, 1.165) is 18.0 Å². The van der Waals surface area contributed by atoms with Gasteiger partial charge in [-0.25, -0.2) is 0 Å². The van der Waals surface area contributed by atoms with Crippen LogP contribution in [0.3, 0.4) is 0 Å². The fourth-order valence-corrected chi connectivity index (χ4v) is 1.74. The summed E-state index contributed by atoms with van der Waals surface area (Å²) >= 11 is 5.73. The summed E-state index contributed by atoms with van der Waals surface area (Å²) in [5, 5.41) is 0. The summed E-state index contributed by atoms with van der Waals surface area (Å²) in [5.74, 6) is 1.53. The molecule has 0 aliphatic rings. The summed E-state index contributed by atoms with van der Waals surface area (Å²) in [6, 6.07) is 4.20. The Bertz CT molecular complexity index is 339. The monoisotopic (exact) mass is 227 g/mol. The molecule has 0 fully saturated rings. The Balaban J connectivity index is 3.09. The molecule has 0 atom stereocenters. The van der Waals surface area contributed by atoms with E-state index in [2.05, 4.69) is 30.9 Å². The van der Waals surface area contributed by atoms with Gasteiger partial charge in [-0.3, -0.25) is 0 Å². The minimum atomic E-state index is 0.618. The van der Waals surface area contributed by atoms with E-state index in [9.17, 15) is 0 Å². The molecule has 15 heavy (non-hydrogen) atoms. The second-order valence-corrected chi connectivity index (χ2v) is 4.10. The molecule has 0 aliphatic heterocycles. The molecular formula is C12H18ClNO. The molecule has 0 saturated carbocycles. The fraction of sp³-hybridized carbons (Fsp3) is 0.500. The minimum Gasteiger partial charge on any atom is -0.495 e. The van der Waals surface area contributed by atoms with Crippen LogP contribution in [-0.2, 0) is 0 Å². The Labute approximate surface area is 96.8 Å². The predicted molar refractivity (Wildman–Crippen MR) is 66.5 cm³/mol. The van der Waals surface area contributed by atoms with Crippen molar-refractivity contribution in [2.75, 3.05) is 31.5 Å². The maximum Gasteiger partial charge on any atom is 0.142 e. The Hall–Kier alpha value is -0.890. The summed E-state index contributed by atoms with van der Waals surface area (Å²) in [4.78, 5) is 2.11. The van der Waals surface area contributed by atoms with Crippen molar-refractivity contribution >= 4 is 17.3 Å². The fourth-order valence-electron chi connectivity index (χ4n) is 1.48. The SMILES string of the molecule is COc1cc(C)c(C)cc1N(C)CCCl. The lowest BCUT2D eigenvalue weighted by Gasteiger charge is -2.22. The average molecular weight is 228 g/mol. The smallest absolute Gasteiger partial charge is 0.142 e. The summed E-state index contributed by atoms with van der Waals surface area (Å²) in [5.41, 5.74) is 3.61. The van der Waals surface area contributed by atoms with E-state index in [0.29, 0.717) is 5.88 Å². The third kappa shape index (κ3) is 2.78. The normalized spacial score (nSPS) is 10.2. The van der Waals surface area contributed by atoms with Gasteiger partial charge in [-0.05, 0) is 37.1 Å². The van der Waals surface area contributed by atoms with Crippen LogP contribution in [0.1, 0.15) is 11.1 Å². The maximum atomic E-state index is 5.73. The molecule has 1 aromatic rings. The summed E-state index contributed by atoms with van der Waals surface area (Å²) in [7, 11) is 3.72. The van der Waals surface area contributed by atoms with E-state index in [1.54, 1.807) is 7.11 Å². The molecule has 0 heterocycles. The molecule has 84 valence electrons. The zero-order valence-electron chi connectivity index (χ0n) is 9.80. The number of hydrogen-bond acceptors (Lipinski definition) is 2. The molecule has 0 spiro atoms. The van der Waals surface area contributed by atoms with Crippen LogP contribution in [0.2, 0.25) is 0 Å². The van der Waals surface area contributed by atoms with Gasteiger partial charge in [0.25, 0.3) is 0 Å². The van der Waals surface area contributed by atoms with Crippen LogP contribution in [0.15, 0.2) is 12.1 Å². The molecule has 0 aromatic heterocycles. The first-order valence-corrected chi connectivity index (χ1v) is 5.56. The van der Waals surface area contributed by atoms with Crippen molar-refractivity contribution in [1.82, 2.24) is 0 Å². The van der Waals surface area contributed by atoms with Crippen LogP contribution in [0, 0.1) is 13.8 Å². The molecule has 0 bridgehead atoms. The molecule has 0 unspecified atom stereocenters. The predicted octanol–water partition coefficient (Wildman–Crippen LogP) is 2.99. The van der Waals surface area contributed by atoms with Crippen LogP contribution in [0.25, 0.3) is 0 Å². The van der Waals surface area contributed by atoms with Crippen LogP contribution in [0.4, 0.5) is 5.69 Å². The zero-order chi connectivity index (χ0) is 11.4. The molecule has 0 saturated heterocycles. The molecule has 0 radical (unpaired) electrons. The molecule has 3 heteroatoms. The highest BCUT2D eigenvalue weighted by Gasteiger charge is 2.09. The van der Waals surface area contributed by atoms with Crippen molar-refractivity contribution < 1.29 is 4.74 Å². The summed E-state index contributed by atoms with van der Waals surface area (Å²) < 4.78 is 5.36. The van der Waals surface area contributed by atoms with Gasteiger partial charge in [0, 0.05) is 19.5 Å². The lowest BCUT2D eigenvalue weighted by Crippen LogP contribution is -2.20. The van der Waals surface area contributed by atoms with Crippen molar-refractivity contribution in [3.63, 3.8) is 0 Å². The number of rotatable bonds is 4. The van der Waals surface area contributed by atoms with Crippen LogP contribution >= 0.6 is 11.6 Å². The number of benzene rings is 1. The molecule has 1 aromatic carbocycles. The standard InChI is InChI=1S/C12H18ClNO/c1-9-7-11(14(3)6-5-13)12(15-4)8-10(9)2/h7-8H,5-6H2,1-4H3. The first kappa shape index (κ1) is 12.2. The van der Waals surface area contributed by atoms with Gasteiger partial charge in [0.1, 0.15) is 5.75 Å². The van der Waals surface area contributed by atoms with Crippen molar-refractivity contribution in [2.45, 2.75) is 13.8 Å². The third-order valence-corrected chi connectivity index (χ3v) is 2.80. The molecule has 0 N–H and O–H groups in total. The number of aryl methyl sites for hydroxylation is 2. The van der Waals surface area contributed by atoms with E-state index >= 15 is 0 Å². The van der Waals surface area contributed by atoms with Crippen molar-refractivity contribution in [1.29, 1.82) is 0 Å². The van der Waals surface area contributed by atoms with Gasteiger partial charge >= 0.3 is 0 Å². The van der Waals surface area contributed by atoms with Gasteiger partial charge < -0.3 is 9.64 Å². The van der Waals surface area contributed by atoms with Gasteiger partial charge in [-0.2, -0.15) is 0 Å². The topological polar surface area (TPSA) is 12.5 Å². The summed E-state index contributed by atoms with van der Waals surface area (Å²) in [6.45, 7) is 5.01. The Kier molecular flexibility index (Phi) is 4.28. The van der Waals surface area contributed by atoms with E-state index in [4.69, 9.17) is 16.3 Å². The second-order valence-electron chi connectivity index (χ2n) is 3.72. The second kappa shape index (κ2) is 5.26. The molecular weight excluding hydrogens is 210 g/mol. The summed E-state index contributed by atoms with van der Waals surface area (Å²) in [6.07, 6.45) is 0. The molecule has 0 aliphatic carbocycles. The highest BCUT2D eigenvalue weighted by Crippen LogP contribution is 2.30. The number of alkyl halides is 1. The Morgan fingerprint density at radius 2 is 1.87 bits per heavy atom. The first-order chi connectivity index (χ1) is 7.10. The van der Waals surface area contributed by atoms with E-state index in [1.807, 2.05) is 7.05 Å². The first-order valence-electron chi connectivity index (χ1n) is 5.02. The Morgan fingerprint density at radius 3 is 2.40 bits per heavy atom. The average Bonchev–Trinajstić information content (AvgIpc) is 2.21. The van der Waals surface area contributed by atoms with Crippen LogP contribution < -0.4 is 9.64 Å². The Morgan fingerprint density at radius 1 is 1.27 bits per heavy atom. The maximum absolute atomic E-state index is 5.73. The lowest BCUT2D eigenvalue weighted by atomic mass is 10.1. The van der Waals surface area contributed by atoms with Crippen molar-refractivity contribution in [2.24, 2.45) is 0 Å². The van der Waals surface area contributed by atoms with Gasteiger partial charge in [-0.1, -0.05) is 0 Å². The molecule has 2 nitrogen and oxygen atoms in total. The minimum absolute atomic E-state index is 0.618. The van der Waals surface area contributed by atoms with Crippen molar-refractivity contribution in [3.8, 4) is 5.75 Å². The van der Waals surface area contributed by atoms with Gasteiger partial charge in [0.15, 0.2) is 0 Å². The van der Waals surface area contributed by atoms with E-state index < -0.39 is 0 Å². The number of methoxy groups -OCH3 is 1. The highest BCUT2D eigenvalue weighted by molar-refractivity contribution is 6.18. The number of anilines is 1. The van der Waals surface area contributed by atoms with Crippen LogP contribution in [0.5, 0.6) is 5.75 Å². The van der Waals surface area contributed by atoms with Crippen molar-refractivity contribution in [3.05, 3.63) is 23.3 Å². The lowest BCUT2D eigenvalue weighted by molar-refractivity contribution is 0.414. The third-order valence-electron chi connectivity index (χ3n) is 2.63. The quantitative estimate of drug-likeness (QED) is 0.734. The largest absolute Gasteiger partial charge is 0.495 e. The molecule has 1 rings (SSSR count). The number of ether oxygens (including phenoxy) is 1.